The van der Waals surface area contributed by atoms with E-state index in [1.54, 1.807) is 19.1 Å². The average molecular weight is 298 g/mol. The summed E-state index contributed by atoms with van der Waals surface area (Å²) in [6.45, 7) is 2.07. The Morgan fingerprint density at radius 2 is 2.14 bits per heavy atom. The van der Waals surface area contributed by atoms with Crippen LogP contribution in [-0.2, 0) is 6.42 Å². The van der Waals surface area contributed by atoms with Crippen molar-refractivity contribution in [2.24, 2.45) is 0 Å². The minimum absolute atomic E-state index is 0.298. The molecule has 0 fully saturated rings. The zero-order valence-corrected chi connectivity index (χ0v) is 12.1. The van der Waals surface area contributed by atoms with E-state index in [9.17, 15) is 9.18 Å². The van der Waals surface area contributed by atoms with Crippen molar-refractivity contribution < 1.29 is 9.18 Å². The molecule has 0 saturated carbocycles. The van der Waals surface area contributed by atoms with Crippen molar-refractivity contribution in [1.29, 1.82) is 0 Å². The van der Waals surface area contributed by atoms with Crippen LogP contribution in [-0.4, -0.2) is 27.0 Å². The van der Waals surface area contributed by atoms with E-state index in [0.29, 0.717) is 24.1 Å². The van der Waals surface area contributed by atoms with Gasteiger partial charge >= 0.3 is 0 Å². The van der Waals surface area contributed by atoms with Gasteiger partial charge in [-0.15, -0.1) is 10.2 Å². The number of rotatable bonds is 4. The lowest BCUT2D eigenvalue weighted by molar-refractivity contribution is 0.0953. The minimum atomic E-state index is -0.379. The number of benzene rings is 1. The summed E-state index contributed by atoms with van der Waals surface area (Å²) in [6.07, 6.45) is 2.42. The maximum absolute atomic E-state index is 13.5. The Kier molecular flexibility index (Phi) is 3.82. The van der Waals surface area contributed by atoms with Crippen LogP contribution in [0.3, 0.4) is 0 Å². The topological polar surface area (TPSA) is 59.3 Å². The van der Waals surface area contributed by atoms with E-state index in [1.807, 2.05) is 28.8 Å². The molecule has 1 aromatic carbocycles. The highest BCUT2D eigenvalue weighted by molar-refractivity contribution is 5.94. The molecule has 0 spiro atoms. The summed E-state index contributed by atoms with van der Waals surface area (Å²) in [5, 5.41) is 10.9. The second-order valence-corrected chi connectivity index (χ2v) is 5.01. The number of amides is 1. The van der Waals surface area contributed by atoms with Gasteiger partial charge in [0.1, 0.15) is 11.6 Å². The van der Waals surface area contributed by atoms with Crippen LogP contribution in [0.4, 0.5) is 4.39 Å². The van der Waals surface area contributed by atoms with E-state index < -0.39 is 0 Å². The van der Waals surface area contributed by atoms with Gasteiger partial charge in [-0.05, 0) is 36.8 Å². The molecule has 3 rings (SSSR count). The van der Waals surface area contributed by atoms with Gasteiger partial charge in [-0.25, -0.2) is 4.39 Å². The van der Waals surface area contributed by atoms with Crippen LogP contribution in [0.1, 0.15) is 21.7 Å². The summed E-state index contributed by atoms with van der Waals surface area (Å²) in [7, 11) is 0. The highest BCUT2D eigenvalue weighted by Crippen LogP contribution is 2.09. The molecule has 0 aliphatic heterocycles. The first-order valence-electron chi connectivity index (χ1n) is 6.98. The van der Waals surface area contributed by atoms with Crippen LogP contribution in [0.5, 0.6) is 0 Å². The Balaban J connectivity index is 1.63. The van der Waals surface area contributed by atoms with Crippen LogP contribution in [0, 0.1) is 12.7 Å². The van der Waals surface area contributed by atoms with Crippen molar-refractivity contribution in [2.75, 3.05) is 6.54 Å². The van der Waals surface area contributed by atoms with Gasteiger partial charge in [-0.3, -0.25) is 9.20 Å². The Bertz CT molecular complexity index is 828. The summed E-state index contributed by atoms with van der Waals surface area (Å²) in [6, 6.07) is 10.1. The molecule has 0 atom stereocenters. The fourth-order valence-electron chi connectivity index (χ4n) is 2.19. The van der Waals surface area contributed by atoms with Gasteiger partial charge in [0.15, 0.2) is 5.65 Å². The standard InChI is InChI=1S/C16H15FN4O/c1-11-5-6-12(10-13(11)17)16(22)18-8-7-15-20-19-14-4-2-3-9-21(14)15/h2-6,9-10H,7-8H2,1H3,(H,18,22). The molecule has 0 aliphatic rings. The summed E-state index contributed by atoms with van der Waals surface area (Å²) in [4.78, 5) is 12.0. The fourth-order valence-corrected chi connectivity index (χ4v) is 2.19. The van der Waals surface area contributed by atoms with E-state index in [1.165, 1.54) is 6.07 Å². The molecule has 1 N–H and O–H groups in total. The van der Waals surface area contributed by atoms with Crippen LogP contribution in [0.2, 0.25) is 0 Å². The molecule has 6 heteroatoms. The summed E-state index contributed by atoms with van der Waals surface area (Å²) >= 11 is 0. The molecule has 22 heavy (non-hydrogen) atoms. The number of aryl methyl sites for hydroxylation is 1. The van der Waals surface area contributed by atoms with Gasteiger partial charge in [0.2, 0.25) is 0 Å². The smallest absolute Gasteiger partial charge is 0.251 e. The largest absolute Gasteiger partial charge is 0.352 e. The van der Waals surface area contributed by atoms with Crippen molar-refractivity contribution in [2.45, 2.75) is 13.3 Å². The highest BCUT2D eigenvalue weighted by atomic mass is 19.1. The first-order valence-corrected chi connectivity index (χ1v) is 6.98. The van der Waals surface area contributed by atoms with Crippen molar-refractivity contribution in [3.63, 3.8) is 0 Å². The molecule has 112 valence electrons. The molecule has 0 radical (unpaired) electrons. The number of nitrogens with one attached hydrogen (secondary N) is 1. The molecule has 1 amide bonds. The zero-order valence-electron chi connectivity index (χ0n) is 12.1. The van der Waals surface area contributed by atoms with Gasteiger partial charge in [0.25, 0.3) is 5.91 Å². The van der Waals surface area contributed by atoms with E-state index in [-0.39, 0.29) is 11.7 Å². The van der Waals surface area contributed by atoms with Gasteiger partial charge in [0.05, 0.1) is 0 Å². The SMILES string of the molecule is Cc1ccc(C(=O)NCCc2nnc3ccccn23)cc1F. The Morgan fingerprint density at radius 3 is 2.95 bits per heavy atom. The van der Waals surface area contributed by atoms with Gasteiger partial charge in [0, 0.05) is 24.7 Å². The summed E-state index contributed by atoms with van der Waals surface area (Å²) in [5.41, 5.74) is 1.60. The molecule has 3 aromatic rings. The molecule has 0 aliphatic carbocycles. The Morgan fingerprint density at radius 1 is 1.27 bits per heavy atom. The lowest BCUT2D eigenvalue weighted by Gasteiger charge is -2.05. The molecule has 5 nitrogen and oxygen atoms in total. The maximum Gasteiger partial charge on any atom is 0.251 e. The summed E-state index contributed by atoms with van der Waals surface area (Å²) in [5.74, 6) is 0.0924. The Hall–Kier alpha value is -2.76. The van der Waals surface area contributed by atoms with Crippen LogP contribution in [0.25, 0.3) is 5.65 Å². The first kappa shape index (κ1) is 14.2. The third kappa shape index (κ3) is 2.81. The third-order valence-electron chi connectivity index (χ3n) is 3.45. The molecule has 2 aromatic heterocycles. The number of pyridine rings is 1. The lowest BCUT2D eigenvalue weighted by Crippen LogP contribution is -2.26. The van der Waals surface area contributed by atoms with Gasteiger partial charge in [-0.1, -0.05) is 12.1 Å². The van der Waals surface area contributed by atoms with Crippen molar-refractivity contribution in [3.05, 3.63) is 65.4 Å². The molecule has 0 saturated heterocycles. The van der Waals surface area contributed by atoms with Crippen molar-refractivity contribution in [3.8, 4) is 0 Å². The zero-order chi connectivity index (χ0) is 15.5. The van der Waals surface area contributed by atoms with Crippen molar-refractivity contribution in [1.82, 2.24) is 19.9 Å². The number of carbonyl (C=O) groups is 1. The normalized spacial score (nSPS) is 10.8. The first-order chi connectivity index (χ1) is 10.6. The second kappa shape index (κ2) is 5.93. The fraction of sp³-hybridized carbons (Fsp3) is 0.188. The average Bonchev–Trinajstić information content (AvgIpc) is 2.93. The molecular weight excluding hydrogens is 283 g/mol. The molecular formula is C16H15FN4O. The lowest BCUT2D eigenvalue weighted by atomic mass is 10.1. The molecule has 0 unspecified atom stereocenters. The second-order valence-electron chi connectivity index (χ2n) is 5.01. The maximum atomic E-state index is 13.5. The number of nitrogens with zero attached hydrogens (tertiary/aromatic N) is 3. The highest BCUT2D eigenvalue weighted by Gasteiger charge is 2.09. The van der Waals surface area contributed by atoms with E-state index in [2.05, 4.69) is 15.5 Å². The number of hydrogen-bond acceptors (Lipinski definition) is 3. The number of fused-ring (bicyclic) bond motifs is 1. The molecule has 2 heterocycles. The summed E-state index contributed by atoms with van der Waals surface area (Å²) < 4.78 is 15.3. The number of hydrogen-bond donors (Lipinski definition) is 1. The number of halogens is 1. The monoisotopic (exact) mass is 298 g/mol. The predicted octanol–water partition coefficient (Wildman–Crippen LogP) is 2.15. The van der Waals surface area contributed by atoms with E-state index in [0.717, 1.165) is 11.5 Å². The minimum Gasteiger partial charge on any atom is -0.352 e. The molecule has 0 bridgehead atoms. The Labute approximate surface area is 126 Å². The van der Waals surface area contributed by atoms with E-state index in [4.69, 9.17) is 0 Å². The third-order valence-corrected chi connectivity index (χ3v) is 3.45. The quantitative estimate of drug-likeness (QED) is 0.803. The van der Waals surface area contributed by atoms with Crippen molar-refractivity contribution >= 4 is 11.6 Å². The van der Waals surface area contributed by atoms with E-state index >= 15 is 0 Å². The number of aromatic nitrogens is 3. The predicted molar refractivity (Wildman–Crippen MR) is 80.2 cm³/mol. The van der Waals surface area contributed by atoms with Crippen LogP contribution >= 0.6 is 0 Å². The van der Waals surface area contributed by atoms with Crippen LogP contribution < -0.4 is 5.32 Å². The number of carbonyl (C=O) groups excluding carboxylic acids is 1. The van der Waals surface area contributed by atoms with Crippen LogP contribution in [0.15, 0.2) is 42.6 Å². The van der Waals surface area contributed by atoms with Gasteiger partial charge in [-0.2, -0.15) is 0 Å². The van der Waals surface area contributed by atoms with Gasteiger partial charge < -0.3 is 5.32 Å².